The van der Waals surface area contributed by atoms with E-state index in [1.54, 1.807) is 0 Å². The quantitative estimate of drug-likeness (QED) is 0.617. The van der Waals surface area contributed by atoms with Crippen molar-refractivity contribution in [3.63, 3.8) is 0 Å². The van der Waals surface area contributed by atoms with Crippen LogP contribution in [0.3, 0.4) is 0 Å². The summed E-state index contributed by atoms with van der Waals surface area (Å²) in [6.07, 6.45) is 10.4. The van der Waals surface area contributed by atoms with Crippen molar-refractivity contribution in [1.82, 2.24) is 4.90 Å². The van der Waals surface area contributed by atoms with E-state index in [0.717, 1.165) is 38.6 Å². The average Bonchev–Trinajstić information content (AvgIpc) is 2.77. The third kappa shape index (κ3) is 5.94. The Balaban J connectivity index is 2.25. The first-order valence-electron chi connectivity index (χ1n) is 8.16. The van der Waals surface area contributed by atoms with Crippen LogP contribution in [-0.4, -0.2) is 34.6 Å². The van der Waals surface area contributed by atoms with Crippen molar-refractivity contribution in [2.24, 2.45) is 0 Å². The molecule has 1 aliphatic rings. The zero-order valence-electron chi connectivity index (χ0n) is 12.7. The van der Waals surface area contributed by atoms with Crippen molar-refractivity contribution in [3.8, 4) is 0 Å². The van der Waals surface area contributed by atoms with Gasteiger partial charge in [0, 0.05) is 19.0 Å². The third-order valence-corrected chi connectivity index (χ3v) is 4.26. The minimum atomic E-state index is -0.192. The lowest BCUT2D eigenvalue weighted by atomic mass is 10.0. The van der Waals surface area contributed by atoms with E-state index in [4.69, 9.17) is 0 Å². The predicted octanol–water partition coefficient (Wildman–Crippen LogP) is 3.50. The Labute approximate surface area is 118 Å². The number of unbranched alkanes of at least 4 members (excludes halogenated alkanes) is 4. The van der Waals surface area contributed by atoms with E-state index in [1.165, 1.54) is 25.7 Å². The number of carbonyl (C=O) groups excluding carboxylic acids is 1. The predicted molar refractivity (Wildman–Crippen MR) is 79.0 cm³/mol. The number of carbonyl (C=O) groups is 1. The minimum Gasteiger partial charge on any atom is -0.393 e. The lowest BCUT2D eigenvalue weighted by Gasteiger charge is -2.25. The summed E-state index contributed by atoms with van der Waals surface area (Å²) in [7, 11) is 0. The Morgan fingerprint density at radius 3 is 2.68 bits per heavy atom. The normalized spacial score (nSPS) is 21.1. The molecule has 0 aromatic carbocycles. The first-order chi connectivity index (χ1) is 9.19. The third-order valence-electron chi connectivity index (χ3n) is 4.26. The van der Waals surface area contributed by atoms with Crippen molar-refractivity contribution in [3.05, 3.63) is 0 Å². The smallest absolute Gasteiger partial charge is 0.222 e. The van der Waals surface area contributed by atoms with E-state index in [1.807, 2.05) is 6.92 Å². The fourth-order valence-electron chi connectivity index (χ4n) is 2.88. The molecule has 1 rings (SSSR count). The van der Waals surface area contributed by atoms with Crippen LogP contribution < -0.4 is 0 Å². The van der Waals surface area contributed by atoms with Gasteiger partial charge in [-0.05, 0) is 32.1 Å². The largest absolute Gasteiger partial charge is 0.393 e. The molecule has 1 amide bonds. The second kappa shape index (κ2) is 9.35. The van der Waals surface area contributed by atoms with Gasteiger partial charge in [-0.2, -0.15) is 0 Å². The molecule has 0 radical (unpaired) electrons. The number of rotatable bonds is 10. The Kier molecular flexibility index (Phi) is 8.11. The SMILES string of the molecule is CCCCCCCN1C(=O)CCC1CCC(O)CC. The molecule has 0 saturated carbocycles. The Bertz CT molecular complexity index is 255. The Morgan fingerprint density at radius 1 is 1.26 bits per heavy atom. The van der Waals surface area contributed by atoms with Crippen LogP contribution in [0.25, 0.3) is 0 Å². The molecule has 0 aliphatic carbocycles. The van der Waals surface area contributed by atoms with Gasteiger partial charge in [0.1, 0.15) is 0 Å². The van der Waals surface area contributed by atoms with Crippen LogP contribution in [-0.2, 0) is 4.79 Å². The average molecular weight is 269 g/mol. The van der Waals surface area contributed by atoms with Crippen LogP contribution in [0, 0.1) is 0 Å². The van der Waals surface area contributed by atoms with Gasteiger partial charge in [0.05, 0.1) is 6.10 Å². The van der Waals surface area contributed by atoms with E-state index < -0.39 is 0 Å². The molecule has 1 fully saturated rings. The highest BCUT2D eigenvalue weighted by Gasteiger charge is 2.30. The summed E-state index contributed by atoms with van der Waals surface area (Å²) < 4.78 is 0. The van der Waals surface area contributed by atoms with E-state index in [9.17, 15) is 9.90 Å². The number of hydrogen-bond donors (Lipinski definition) is 1. The molecule has 0 aromatic rings. The van der Waals surface area contributed by atoms with Gasteiger partial charge in [-0.3, -0.25) is 4.79 Å². The van der Waals surface area contributed by atoms with Crippen molar-refractivity contribution in [1.29, 1.82) is 0 Å². The first-order valence-corrected chi connectivity index (χ1v) is 8.16. The molecule has 1 saturated heterocycles. The molecule has 1 aliphatic heterocycles. The van der Waals surface area contributed by atoms with E-state index >= 15 is 0 Å². The van der Waals surface area contributed by atoms with Crippen LogP contribution in [0.4, 0.5) is 0 Å². The molecule has 19 heavy (non-hydrogen) atoms. The number of hydrogen-bond acceptors (Lipinski definition) is 2. The monoisotopic (exact) mass is 269 g/mol. The highest BCUT2D eigenvalue weighted by atomic mass is 16.3. The van der Waals surface area contributed by atoms with Gasteiger partial charge in [-0.25, -0.2) is 0 Å². The van der Waals surface area contributed by atoms with Crippen molar-refractivity contribution >= 4 is 5.91 Å². The highest BCUT2D eigenvalue weighted by Crippen LogP contribution is 2.24. The number of likely N-dealkylation sites (tertiary alicyclic amines) is 1. The fourth-order valence-corrected chi connectivity index (χ4v) is 2.88. The summed E-state index contributed by atoms with van der Waals surface area (Å²) in [6, 6.07) is 0.389. The standard InChI is InChI=1S/C16H31NO2/c1-3-5-6-7-8-13-17-14(10-12-16(17)19)9-11-15(18)4-2/h14-15,18H,3-13H2,1-2H3. The Morgan fingerprint density at radius 2 is 2.00 bits per heavy atom. The maximum atomic E-state index is 11.9. The van der Waals surface area contributed by atoms with Crippen molar-refractivity contribution in [2.75, 3.05) is 6.54 Å². The van der Waals surface area contributed by atoms with E-state index in [2.05, 4.69) is 11.8 Å². The van der Waals surface area contributed by atoms with Gasteiger partial charge in [-0.15, -0.1) is 0 Å². The summed E-state index contributed by atoms with van der Waals surface area (Å²) in [4.78, 5) is 14.0. The van der Waals surface area contributed by atoms with Crippen LogP contribution in [0.5, 0.6) is 0 Å². The highest BCUT2D eigenvalue weighted by molar-refractivity contribution is 5.78. The van der Waals surface area contributed by atoms with E-state index in [-0.39, 0.29) is 6.10 Å². The maximum Gasteiger partial charge on any atom is 0.222 e. The maximum absolute atomic E-state index is 11.9. The fraction of sp³-hybridized carbons (Fsp3) is 0.938. The van der Waals surface area contributed by atoms with Crippen molar-refractivity contribution in [2.45, 2.75) is 90.2 Å². The molecule has 1 heterocycles. The molecular weight excluding hydrogens is 238 g/mol. The molecule has 3 heteroatoms. The number of nitrogens with zero attached hydrogens (tertiary/aromatic N) is 1. The summed E-state index contributed by atoms with van der Waals surface area (Å²) in [5.74, 6) is 0.325. The van der Waals surface area contributed by atoms with Gasteiger partial charge in [0.2, 0.25) is 5.91 Å². The molecule has 2 atom stereocenters. The number of aliphatic hydroxyl groups is 1. The summed E-state index contributed by atoms with van der Waals surface area (Å²) in [6.45, 7) is 5.16. The van der Waals surface area contributed by atoms with Crippen LogP contribution in [0.15, 0.2) is 0 Å². The van der Waals surface area contributed by atoms with Gasteiger partial charge < -0.3 is 10.0 Å². The zero-order chi connectivity index (χ0) is 14.1. The van der Waals surface area contributed by atoms with Crippen LogP contribution in [0.2, 0.25) is 0 Å². The lowest BCUT2D eigenvalue weighted by molar-refractivity contribution is -0.129. The summed E-state index contributed by atoms with van der Waals surface area (Å²) in [5.41, 5.74) is 0. The van der Waals surface area contributed by atoms with Gasteiger partial charge in [-0.1, -0.05) is 39.5 Å². The van der Waals surface area contributed by atoms with Gasteiger partial charge in [0.15, 0.2) is 0 Å². The molecule has 3 nitrogen and oxygen atoms in total. The van der Waals surface area contributed by atoms with E-state index in [0.29, 0.717) is 18.4 Å². The molecule has 112 valence electrons. The zero-order valence-corrected chi connectivity index (χ0v) is 12.7. The van der Waals surface area contributed by atoms with Crippen molar-refractivity contribution < 1.29 is 9.90 Å². The Hall–Kier alpha value is -0.570. The molecule has 0 aromatic heterocycles. The van der Waals surface area contributed by atoms with Gasteiger partial charge in [0.25, 0.3) is 0 Å². The molecule has 2 unspecified atom stereocenters. The molecule has 1 N–H and O–H groups in total. The molecule has 0 bridgehead atoms. The minimum absolute atomic E-state index is 0.192. The molecular formula is C16H31NO2. The van der Waals surface area contributed by atoms with Crippen LogP contribution >= 0.6 is 0 Å². The number of aliphatic hydroxyl groups excluding tert-OH is 1. The van der Waals surface area contributed by atoms with Gasteiger partial charge >= 0.3 is 0 Å². The topological polar surface area (TPSA) is 40.5 Å². The molecule has 0 spiro atoms. The second-order valence-electron chi connectivity index (χ2n) is 5.83. The van der Waals surface area contributed by atoms with Crippen LogP contribution in [0.1, 0.15) is 78.1 Å². The lowest BCUT2D eigenvalue weighted by Crippen LogP contribution is -2.34. The second-order valence-corrected chi connectivity index (χ2v) is 5.83. The number of amides is 1. The summed E-state index contributed by atoms with van der Waals surface area (Å²) >= 11 is 0. The summed E-state index contributed by atoms with van der Waals surface area (Å²) in [5, 5.41) is 9.64. The first kappa shape index (κ1) is 16.5.